The van der Waals surface area contributed by atoms with Crippen molar-refractivity contribution in [3.63, 3.8) is 0 Å². The molecule has 2 aromatic heterocycles. The second-order valence-corrected chi connectivity index (χ2v) is 7.94. The molecule has 0 fully saturated rings. The van der Waals surface area contributed by atoms with Crippen molar-refractivity contribution in [2.75, 3.05) is 12.4 Å². The predicted octanol–water partition coefficient (Wildman–Crippen LogP) is 3.41. The molecule has 3 N–H and O–H groups in total. The van der Waals surface area contributed by atoms with Crippen LogP contribution in [-0.2, 0) is 22.6 Å². The lowest BCUT2D eigenvalue weighted by Gasteiger charge is -2.18. The number of rotatable bonds is 4. The average molecular weight is 418 g/mol. The van der Waals surface area contributed by atoms with Gasteiger partial charge < -0.3 is 20.4 Å². The molecule has 0 radical (unpaired) electrons. The van der Waals surface area contributed by atoms with Crippen molar-refractivity contribution >= 4 is 34.7 Å². The summed E-state index contributed by atoms with van der Waals surface area (Å²) in [6.45, 7) is 2.39. The van der Waals surface area contributed by atoms with Gasteiger partial charge in [-0.3, -0.25) is 9.59 Å². The van der Waals surface area contributed by atoms with Gasteiger partial charge in [-0.2, -0.15) is 0 Å². The predicted molar refractivity (Wildman–Crippen MR) is 120 cm³/mol. The molecule has 0 bridgehead atoms. The number of nitrogens with zero attached hydrogens (tertiary/aromatic N) is 2. The molecule has 0 aliphatic carbocycles. The second kappa shape index (κ2) is 8.73. The van der Waals surface area contributed by atoms with Gasteiger partial charge in [-0.05, 0) is 55.5 Å². The number of aromatic nitrogens is 1. The van der Waals surface area contributed by atoms with E-state index in [4.69, 9.17) is 10.2 Å². The van der Waals surface area contributed by atoms with E-state index in [1.165, 1.54) is 6.08 Å². The Morgan fingerprint density at radius 3 is 3.00 bits per heavy atom. The largest absolute Gasteiger partial charge is 0.459 e. The van der Waals surface area contributed by atoms with E-state index in [0.717, 1.165) is 46.3 Å². The molecule has 0 saturated carbocycles. The zero-order valence-electron chi connectivity index (χ0n) is 17.7. The summed E-state index contributed by atoms with van der Waals surface area (Å²) in [6.07, 6.45) is 7.13. The van der Waals surface area contributed by atoms with Crippen molar-refractivity contribution in [2.45, 2.75) is 38.8 Å². The highest BCUT2D eigenvalue weighted by atomic mass is 16.3. The van der Waals surface area contributed by atoms with Crippen LogP contribution in [0.1, 0.15) is 35.3 Å². The van der Waals surface area contributed by atoms with E-state index < -0.39 is 6.04 Å². The van der Waals surface area contributed by atoms with Gasteiger partial charge in [-0.15, -0.1) is 0 Å². The fraction of sp³-hybridized carbons (Fsp3) is 0.292. The van der Waals surface area contributed by atoms with E-state index in [2.05, 4.69) is 10.3 Å². The fourth-order valence-corrected chi connectivity index (χ4v) is 3.74. The number of aryl methyl sites for hydroxylation is 2. The Kier molecular flexibility index (Phi) is 5.86. The van der Waals surface area contributed by atoms with Gasteiger partial charge in [0, 0.05) is 30.3 Å². The van der Waals surface area contributed by atoms with Gasteiger partial charge in [0.2, 0.25) is 11.8 Å². The molecule has 0 spiro atoms. The maximum Gasteiger partial charge on any atom is 0.246 e. The first-order chi connectivity index (χ1) is 14.9. The number of para-hydroxylation sites is 1. The molecule has 160 valence electrons. The summed E-state index contributed by atoms with van der Waals surface area (Å²) in [4.78, 5) is 30.6. The van der Waals surface area contributed by atoms with Crippen LogP contribution in [0.5, 0.6) is 0 Å². The van der Waals surface area contributed by atoms with Crippen LogP contribution in [0.4, 0.5) is 5.82 Å². The minimum atomic E-state index is -0.502. The van der Waals surface area contributed by atoms with Crippen LogP contribution in [0.2, 0.25) is 0 Å². The zero-order valence-corrected chi connectivity index (χ0v) is 17.7. The lowest BCUT2D eigenvalue weighted by atomic mass is 10.0. The van der Waals surface area contributed by atoms with Crippen molar-refractivity contribution in [1.82, 2.24) is 9.88 Å². The van der Waals surface area contributed by atoms with Crippen LogP contribution in [0.15, 0.2) is 47.0 Å². The van der Waals surface area contributed by atoms with Crippen LogP contribution >= 0.6 is 0 Å². The first kappa shape index (κ1) is 20.8. The maximum absolute atomic E-state index is 12.6. The van der Waals surface area contributed by atoms with E-state index in [0.29, 0.717) is 18.8 Å². The number of nitrogens with two attached hydrogens (primary N) is 1. The summed E-state index contributed by atoms with van der Waals surface area (Å²) in [7, 11) is 1.75. The van der Waals surface area contributed by atoms with Crippen LogP contribution in [0, 0.1) is 6.92 Å². The highest BCUT2D eigenvalue weighted by Crippen LogP contribution is 2.26. The van der Waals surface area contributed by atoms with Crippen molar-refractivity contribution in [1.29, 1.82) is 0 Å². The third-order valence-corrected chi connectivity index (χ3v) is 5.65. The lowest BCUT2D eigenvalue weighted by molar-refractivity contribution is -0.125. The molecule has 3 aromatic rings. The van der Waals surface area contributed by atoms with Crippen molar-refractivity contribution in [2.24, 2.45) is 5.73 Å². The second-order valence-electron chi connectivity index (χ2n) is 7.94. The summed E-state index contributed by atoms with van der Waals surface area (Å²) in [5.41, 5.74) is 9.45. The summed E-state index contributed by atoms with van der Waals surface area (Å²) >= 11 is 0. The molecule has 4 rings (SSSR count). The number of fused-ring (bicyclic) bond motifs is 2. The summed E-state index contributed by atoms with van der Waals surface area (Å²) in [5.74, 6) is 0.976. The number of carbonyl (C=O) groups is 2. The molecule has 1 aliphatic heterocycles. The molecule has 2 amide bonds. The molecule has 3 heterocycles. The minimum Gasteiger partial charge on any atom is -0.459 e. The SMILES string of the molecule is Cc1c(CN(C)C(=O)/C=C/c2cnc3c(c2)CCC[C@@H](N)C(=O)N3)oc2ccccc12. The fourth-order valence-electron chi connectivity index (χ4n) is 3.74. The first-order valence-electron chi connectivity index (χ1n) is 10.4. The van der Waals surface area contributed by atoms with Gasteiger partial charge in [0.05, 0.1) is 12.6 Å². The quantitative estimate of drug-likeness (QED) is 0.632. The topological polar surface area (TPSA) is 101 Å². The molecule has 31 heavy (non-hydrogen) atoms. The van der Waals surface area contributed by atoms with E-state index >= 15 is 0 Å². The molecular formula is C24H26N4O3. The van der Waals surface area contributed by atoms with Crippen LogP contribution < -0.4 is 11.1 Å². The number of anilines is 1. The Hall–Kier alpha value is -3.45. The average Bonchev–Trinajstić information content (AvgIpc) is 3.07. The zero-order chi connectivity index (χ0) is 22.0. The van der Waals surface area contributed by atoms with E-state index in [-0.39, 0.29) is 11.8 Å². The number of furan rings is 1. The number of pyridine rings is 1. The van der Waals surface area contributed by atoms with E-state index in [9.17, 15) is 9.59 Å². The molecular weight excluding hydrogens is 392 g/mol. The molecule has 0 unspecified atom stereocenters. The Bertz CT molecular complexity index is 1160. The van der Waals surface area contributed by atoms with E-state index in [1.54, 1.807) is 24.2 Å². The summed E-state index contributed by atoms with van der Waals surface area (Å²) < 4.78 is 5.91. The highest BCUT2D eigenvalue weighted by molar-refractivity contribution is 5.95. The minimum absolute atomic E-state index is 0.133. The van der Waals surface area contributed by atoms with Crippen LogP contribution in [-0.4, -0.2) is 34.8 Å². The van der Waals surface area contributed by atoms with Crippen molar-refractivity contribution in [3.8, 4) is 0 Å². The third-order valence-electron chi connectivity index (χ3n) is 5.65. The molecule has 7 nitrogen and oxygen atoms in total. The summed E-state index contributed by atoms with van der Waals surface area (Å²) in [6, 6.07) is 9.30. The lowest BCUT2D eigenvalue weighted by Crippen LogP contribution is -2.37. The first-order valence-corrected chi connectivity index (χ1v) is 10.4. The van der Waals surface area contributed by atoms with Gasteiger partial charge in [-0.1, -0.05) is 18.2 Å². The normalized spacial score (nSPS) is 16.6. The number of hydrogen-bond acceptors (Lipinski definition) is 5. The highest BCUT2D eigenvalue weighted by Gasteiger charge is 2.19. The Morgan fingerprint density at radius 1 is 1.39 bits per heavy atom. The smallest absolute Gasteiger partial charge is 0.246 e. The van der Waals surface area contributed by atoms with Gasteiger partial charge in [0.15, 0.2) is 0 Å². The van der Waals surface area contributed by atoms with Gasteiger partial charge in [-0.25, -0.2) is 4.98 Å². The Labute approximate surface area is 180 Å². The van der Waals surface area contributed by atoms with Crippen LogP contribution in [0.25, 0.3) is 17.0 Å². The molecule has 0 saturated heterocycles. The standard InChI is InChI=1S/C24H26N4O3/c1-15-18-7-3-4-9-20(18)31-21(15)14-28(2)22(29)11-10-16-12-17-6-5-8-19(25)24(30)27-23(17)26-13-16/h3-4,7,9-13,19H,5-6,8,14,25H2,1-2H3,(H,26,27,30)/b11-10+/t19-/m1/s1. The third kappa shape index (κ3) is 4.51. The molecule has 1 atom stereocenters. The van der Waals surface area contributed by atoms with Gasteiger partial charge >= 0.3 is 0 Å². The van der Waals surface area contributed by atoms with Gasteiger partial charge in [0.1, 0.15) is 17.2 Å². The number of benzene rings is 1. The number of nitrogens with one attached hydrogen (secondary N) is 1. The molecule has 7 heteroatoms. The van der Waals surface area contributed by atoms with Crippen molar-refractivity contribution < 1.29 is 14.0 Å². The Morgan fingerprint density at radius 2 is 2.19 bits per heavy atom. The number of likely N-dealkylation sites (N-methyl/N-ethyl adjacent to an activating group) is 1. The monoisotopic (exact) mass is 418 g/mol. The number of hydrogen-bond donors (Lipinski definition) is 2. The maximum atomic E-state index is 12.6. The number of carbonyl (C=O) groups excluding carboxylic acids is 2. The molecule has 1 aliphatic rings. The van der Waals surface area contributed by atoms with Crippen LogP contribution in [0.3, 0.4) is 0 Å². The Balaban J connectivity index is 1.45. The molecule has 1 aromatic carbocycles. The van der Waals surface area contributed by atoms with Gasteiger partial charge in [0.25, 0.3) is 0 Å². The summed E-state index contributed by atoms with van der Waals surface area (Å²) in [5, 5.41) is 3.84. The van der Waals surface area contributed by atoms with E-state index in [1.807, 2.05) is 37.3 Å². The number of amides is 2. The van der Waals surface area contributed by atoms with Crippen molar-refractivity contribution in [3.05, 3.63) is 65.1 Å².